The fourth-order valence-electron chi connectivity index (χ4n) is 1.20. The predicted octanol–water partition coefficient (Wildman–Crippen LogP) is 3.32. The van der Waals surface area contributed by atoms with Gasteiger partial charge in [-0.2, -0.15) is 4.98 Å². The van der Waals surface area contributed by atoms with Crippen LogP contribution in [0.3, 0.4) is 0 Å². The average Bonchev–Trinajstić information content (AvgIpc) is 2.22. The summed E-state index contributed by atoms with van der Waals surface area (Å²) in [4.78, 5) is 6.99. The van der Waals surface area contributed by atoms with Gasteiger partial charge >= 0.3 is 0 Å². The third kappa shape index (κ3) is 1.63. The highest BCUT2D eigenvalue weighted by Gasteiger charge is 2.21. The van der Waals surface area contributed by atoms with Crippen molar-refractivity contribution in [3.8, 4) is 5.88 Å². The Kier molecular flexibility index (Phi) is 2.93. The van der Waals surface area contributed by atoms with E-state index >= 15 is 0 Å². The SMILES string of the molecule is Oc1nc(S)nc2c(F)c(Br)c(Cl)c(F)c12. The minimum atomic E-state index is -0.990. The number of nitrogens with zero attached hydrogens (tertiary/aromatic N) is 2. The lowest BCUT2D eigenvalue weighted by atomic mass is 10.2. The van der Waals surface area contributed by atoms with Gasteiger partial charge in [-0.25, -0.2) is 13.8 Å². The molecule has 0 aliphatic carbocycles. The molecule has 1 heterocycles. The van der Waals surface area contributed by atoms with Crippen molar-refractivity contribution in [3.05, 3.63) is 21.1 Å². The molecule has 0 radical (unpaired) electrons. The molecule has 0 amide bonds. The van der Waals surface area contributed by atoms with E-state index in [1.165, 1.54) is 0 Å². The van der Waals surface area contributed by atoms with Gasteiger partial charge in [0.25, 0.3) is 0 Å². The summed E-state index contributed by atoms with van der Waals surface area (Å²) >= 11 is 12.1. The molecule has 1 aromatic heterocycles. The average molecular weight is 328 g/mol. The van der Waals surface area contributed by atoms with Crippen LogP contribution in [0.15, 0.2) is 9.63 Å². The number of fused-ring (bicyclic) bond motifs is 1. The van der Waals surface area contributed by atoms with Gasteiger partial charge in [0.1, 0.15) is 10.9 Å². The molecule has 16 heavy (non-hydrogen) atoms. The van der Waals surface area contributed by atoms with Gasteiger partial charge in [-0.1, -0.05) is 11.6 Å². The Balaban J connectivity index is 3.08. The first kappa shape index (κ1) is 11.8. The highest BCUT2D eigenvalue weighted by atomic mass is 79.9. The van der Waals surface area contributed by atoms with Crippen LogP contribution in [0, 0.1) is 11.6 Å². The molecule has 1 N–H and O–H groups in total. The Labute approximate surface area is 107 Å². The topological polar surface area (TPSA) is 46.0 Å². The van der Waals surface area contributed by atoms with Gasteiger partial charge in [0.15, 0.2) is 16.8 Å². The molecule has 2 aromatic rings. The second-order valence-electron chi connectivity index (χ2n) is 2.83. The first-order valence-corrected chi connectivity index (χ1v) is 5.47. The van der Waals surface area contributed by atoms with E-state index in [0.29, 0.717) is 0 Å². The van der Waals surface area contributed by atoms with E-state index in [-0.39, 0.29) is 15.1 Å². The summed E-state index contributed by atoms with van der Waals surface area (Å²) in [5, 5.41) is 8.28. The molecule has 0 atom stereocenters. The van der Waals surface area contributed by atoms with Crippen LogP contribution in [0.25, 0.3) is 10.9 Å². The molecule has 8 heteroatoms. The zero-order valence-corrected chi connectivity index (χ0v) is 10.5. The first-order valence-electron chi connectivity index (χ1n) is 3.85. The van der Waals surface area contributed by atoms with Gasteiger partial charge in [0, 0.05) is 0 Å². The number of aromatic nitrogens is 2. The maximum absolute atomic E-state index is 13.7. The lowest BCUT2D eigenvalue weighted by molar-refractivity contribution is 0.449. The maximum Gasteiger partial charge on any atom is 0.226 e. The van der Waals surface area contributed by atoms with Gasteiger partial charge < -0.3 is 5.11 Å². The van der Waals surface area contributed by atoms with E-state index in [9.17, 15) is 13.9 Å². The molecule has 0 saturated carbocycles. The van der Waals surface area contributed by atoms with Crippen molar-refractivity contribution in [3.63, 3.8) is 0 Å². The van der Waals surface area contributed by atoms with Crippen LogP contribution in [0.5, 0.6) is 5.88 Å². The van der Waals surface area contributed by atoms with Crippen molar-refractivity contribution in [1.82, 2.24) is 9.97 Å². The molecule has 3 nitrogen and oxygen atoms in total. The zero-order chi connectivity index (χ0) is 12.0. The number of benzene rings is 1. The van der Waals surface area contributed by atoms with Crippen LogP contribution < -0.4 is 0 Å². The molecule has 2 rings (SSSR count). The molecule has 1 aromatic carbocycles. The van der Waals surface area contributed by atoms with E-state index in [4.69, 9.17) is 11.6 Å². The van der Waals surface area contributed by atoms with E-state index in [1.54, 1.807) is 0 Å². The fraction of sp³-hybridized carbons (Fsp3) is 0. The molecule has 0 aliphatic rings. The van der Waals surface area contributed by atoms with E-state index in [2.05, 4.69) is 38.5 Å². The molecular weight excluding hydrogens is 326 g/mol. The first-order chi connectivity index (χ1) is 7.43. The molecule has 0 bridgehead atoms. The molecule has 0 spiro atoms. The lowest BCUT2D eigenvalue weighted by Crippen LogP contribution is -1.96. The van der Waals surface area contributed by atoms with E-state index < -0.39 is 27.9 Å². The summed E-state index contributed by atoms with van der Waals surface area (Å²) in [5.74, 6) is -2.58. The van der Waals surface area contributed by atoms with Gasteiger partial charge in [-0.3, -0.25) is 0 Å². The third-order valence-electron chi connectivity index (χ3n) is 1.88. The van der Waals surface area contributed by atoms with Crippen molar-refractivity contribution in [2.45, 2.75) is 5.16 Å². The number of thiol groups is 1. The van der Waals surface area contributed by atoms with Crippen LogP contribution in [0.1, 0.15) is 0 Å². The summed E-state index contributed by atoms with van der Waals surface area (Å²) in [5.41, 5.74) is -0.383. The molecule has 0 aliphatic heterocycles. The zero-order valence-electron chi connectivity index (χ0n) is 7.30. The largest absolute Gasteiger partial charge is 0.493 e. The second-order valence-corrected chi connectivity index (χ2v) is 4.40. The lowest BCUT2D eigenvalue weighted by Gasteiger charge is -2.07. The number of hydrogen-bond donors (Lipinski definition) is 2. The standard InChI is InChI=1S/C8H2BrClF2N2OS/c9-2-3(10)4(11)1-6(5(2)12)13-8(16)14-7(1)15/h(H2,13,14,15,16). The van der Waals surface area contributed by atoms with Crippen molar-refractivity contribution in [2.75, 3.05) is 0 Å². The number of halogens is 4. The minimum absolute atomic E-state index is 0.169. The van der Waals surface area contributed by atoms with Gasteiger partial charge in [-0.15, -0.1) is 12.6 Å². The van der Waals surface area contributed by atoms with Crippen LogP contribution in [-0.4, -0.2) is 15.1 Å². The molecule has 0 fully saturated rings. The summed E-state index contributed by atoms with van der Waals surface area (Å²) in [6.07, 6.45) is 0. The van der Waals surface area contributed by atoms with Gasteiger partial charge in [0.2, 0.25) is 5.88 Å². The van der Waals surface area contributed by atoms with Crippen LogP contribution in [-0.2, 0) is 0 Å². The summed E-state index contributed by atoms with van der Waals surface area (Å²) in [6, 6.07) is 0. The predicted molar refractivity (Wildman–Crippen MR) is 61.1 cm³/mol. The Hall–Kier alpha value is -0.660. The Morgan fingerprint density at radius 3 is 2.50 bits per heavy atom. The minimum Gasteiger partial charge on any atom is -0.493 e. The van der Waals surface area contributed by atoms with Crippen molar-refractivity contribution in [1.29, 1.82) is 0 Å². The van der Waals surface area contributed by atoms with Crippen LogP contribution >= 0.6 is 40.2 Å². The quantitative estimate of drug-likeness (QED) is 0.338. The van der Waals surface area contributed by atoms with Gasteiger partial charge in [0.05, 0.1) is 9.50 Å². The van der Waals surface area contributed by atoms with Crippen LogP contribution in [0.4, 0.5) is 8.78 Å². The Bertz CT molecular complexity index is 611. The van der Waals surface area contributed by atoms with Crippen LogP contribution in [0.2, 0.25) is 5.02 Å². The highest BCUT2D eigenvalue weighted by Crippen LogP contribution is 2.37. The highest BCUT2D eigenvalue weighted by molar-refractivity contribution is 9.10. The molecule has 0 unspecified atom stereocenters. The number of rotatable bonds is 0. The fourth-order valence-corrected chi connectivity index (χ4v) is 1.94. The molecule has 0 saturated heterocycles. The second kappa shape index (κ2) is 3.97. The summed E-state index contributed by atoms with van der Waals surface area (Å²) < 4.78 is 27.0. The Morgan fingerprint density at radius 2 is 1.88 bits per heavy atom. The monoisotopic (exact) mass is 326 g/mol. The number of aromatic hydroxyl groups is 1. The van der Waals surface area contributed by atoms with Crippen molar-refractivity contribution in [2.24, 2.45) is 0 Å². The summed E-state index contributed by atoms with van der Waals surface area (Å²) in [7, 11) is 0. The Morgan fingerprint density at radius 1 is 1.25 bits per heavy atom. The van der Waals surface area contributed by atoms with Crippen molar-refractivity contribution < 1.29 is 13.9 Å². The molecule has 84 valence electrons. The maximum atomic E-state index is 13.7. The van der Waals surface area contributed by atoms with Gasteiger partial charge in [-0.05, 0) is 15.9 Å². The normalized spacial score (nSPS) is 11.1. The smallest absolute Gasteiger partial charge is 0.226 e. The molecular formula is C8H2BrClF2N2OS. The third-order valence-corrected chi connectivity index (χ3v) is 3.41. The van der Waals surface area contributed by atoms with E-state index in [1.807, 2.05) is 0 Å². The van der Waals surface area contributed by atoms with E-state index in [0.717, 1.165) is 0 Å². The summed E-state index contributed by atoms with van der Waals surface area (Å²) in [6.45, 7) is 0. The van der Waals surface area contributed by atoms with Crippen molar-refractivity contribution >= 4 is 51.1 Å². The number of hydrogen-bond acceptors (Lipinski definition) is 4.